The largest absolute Gasteiger partial charge is 0.494 e. The van der Waals surface area contributed by atoms with Crippen LogP contribution >= 0.6 is 0 Å². The summed E-state index contributed by atoms with van der Waals surface area (Å²) in [5.41, 5.74) is 1.75. The van der Waals surface area contributed by atoms with Gasteiger partial charge < -0.3 is 29.7 Å². The van der Waals surface area contributed by atoms with Crippen molar-refractivity contribution in [2.24, 2.45) is 0 Å². The minimum absolute atomic E-state index is 0.0253. The molecule has 1 amide bonds. The molecule has 222 valence electrons. The highest BCUT2D eigenvalue weighted by Crippen LogP contribution is 2.38. The number of hydrogen-bond acceptors (Lipinski definition) is 8. The van der Waals surface area contributed by atoms with Crippen LogP contribution < -0.4 is 20.3 Å². The molecule has 0 aliphatic heterocycles. The molecule has 0 unspecified atom stereocenters. The molecule has 0 radical (unpaired) electrons. The normalized spacial score (nSPS) is 11.5. The van der Waals surface area contributed by atoms with Gasteiger partial charge in [0, 0.05) is 38.5 Å². The number of fused-ring (bicyclic) bond motifs is 1. The van der Waals surface area contributed by atoms with E-state index in [4.69, 9.17) is 4.74 Å². The molecule has 4 rings (SSSR count). The molecule has 2 aromatic heterocycles. The van der Waals surface area contributed by atoms with Crippen molar-refractivity contribution in [1.29, 1.82) is 0 Å². The number of amides is 1. The topological polar surface area (TPSA) is 100 Å². The number of aromatic nitrogens is 4. The Bertz CT molecular complexity index is 1600. The zero-order valence-electron chi connectivity index (χ0n) is 23.5. The van der Waals surface area contributed by atoms with Crippen LogP contribution in [0.1, 0.15) is 0 Å². The van der Waals surface area contributed by atoms with Crippen LogP contribution in [0.25, 0.3) is 22.6 Å². The van der Waals surface area contributed by atoms with Crippen molar-refractivity contribution in [2.75, 3.05) is 56.9 Å². The van der Waals surface area contributed by atoms with E-state index in [1.807, 2.05) is 30.9 Å². The van der Waals surface area contributed by atoms with E-state index < -0.39 is 24.4 Å². The van der Waals surface area contributed by atoms with Crippen molar-refractivity contribution in [2.45, 2.75) is 12.7 Å². The maximum atomic E-state index is 13.8. The van der Waals surface area contributed by atoms with Gasteiger partial charge in [-0.15, -0.1) is 0 Å². The molecular formula is C28H30F4N8O2. The Morgan fingerprint density at radius 2 is 1.86 bits per heavy atom. The van der Waals surface area contributed by atoms with Gasteiger partial charge in [0.2, 0.25) is 11.9 Å². The molecule has 0 atom stereocenters. The third-order valence-electron chi connectivity index (χ3n) is 6.23. The number of halogens is 4. The molecule has 42 heavy (non-hydrogen) atoms. The van der Waals surface area contributed by atoms with Gasteiger partial charge in [-0.05, 0) is 44.4 Å². The number of carbonyl (C=O) groups excluding carboxylic acids is 1. The summed E-state index contributed by atoms with van der Waals surface area (Å²) in [5.74, 6) is -0.740. The Labute approximate surface area is 239 Å². The van der Waals surface area contributed by atoms with Gasteiger partial charge in [0.1, 0.15) is 23.8 Å². The number of methoxy groups -OCH3 is 1. The van der Waals surface area contributed by atoms with E-state index in [9.17, 15) is 22.4 Å². The van der Waals surface area contributed by atoms with Gasteiger partial charge in [-0.1, -0.05) is 6.58 Å². The fourth-order valence-electron chi connectivity index (χ4n) is 4.21. The number of hydrogen-bond donors (Lipinski definition) is 2. The van der Waals surface area contributed by atoms with E-state index in [1.165, 1.54) is 25.4 Å². The zero-order valence-corrected chi connectivity index (χ0v) is 23.5. The van der Waals surface area contributed by atoms with Crippen molar-refractivity contribution in [1.82, 2.24) is 24.4 Å². The van der Waals surface area contributed by atoms with Crippen molar-refractivity contribution in [3.63, 3.8) is 0 Å². The Kier molecular flexibility index (Phi) is 8.95. The molecule has 4 aromatic rings. The fourth-order valence-corrected chi connectivity index (χ4v) is 4.21. The lowest BCUT2D eigenvalue weighted by atomic mass is 10.2. The van der Waals surface area contributed by atoms with Crippen molar-refractivity contribution < 1.29 is 27.1 Å². The molecule has 10 nitrogen and oxygen atoms in total. The Morgan fingerprint density at radius 3 is 2.52 bits per heavy atom. The average Bonchev–Trinajstić information content (AvgIpc) is 3.27. The minimum Gasteiger partial charge on any atom is -0.494 e. The monoisotopic (exact) mass is 586 g/mol. The molecule has 0 spiro atoms. The Morgan fingerprint density at radius 1 is 1.10 bits per heavy atom. The van der Waals surface area contributed by atoms with Crippen LogP contribution in [0.5, 0.6) is 5.75 Å². The summed E-state index contributed by atoms with van der Waals surface area (Å²) in [6.45, 7) is 3.56. The second-order valence-electron chi connectivity index (χ2n) is 9.65. The lowest BCUT2D eigenvalue weighted by Crippen LogP contribution is -2.29. The molecule has 2 N–H and O–H groups in total. The molecule has 0 aliphatic rings. The number of rotatable bonds is 11. The number of likely N-dealkylation sites (N-methyl/N-ethyl adjacent to an activating group) is 2. The highest BCUT2D eigenvalue weighted by molar-refractivity contribution is 6.02. The van der Waals surface area contributed by atoms with E-state index >= 15 is 0 Å². The minimum atomic E-state index is -4.56. The summed E-state index contributed by atoms with van der Waals surface area (Å²) in [5, 5.41) is 5.81. The number of imidazole rings is 1. The van der Waals surface area contributed by atoms with Gasteiger partial charge in [-0.3, -0.25) is 4.79 Å². The van der Waals surface area contributed by atoms with Gasteiger partial charge >= 0.3 is 6.18 Å². The first-order valence-electron chi connectivity index (χ1n) is 12.7. The summed E-state index contributed by atoms with van der Waals surface area (Å²) in [7, 11) is 7.25. The zero-order chi connectivity index (χ0) is 30.6. The first-order chi connectivity index (χ1) is 19.9. The number of alkyl halides is 3. The molecule has 14 heteroatoms. The Hall–Kier alpha value is -4.72. The fraction of sp³-hybridized carbons (Fsp3) is 0.286. The van der Waals surface area contributed by atoms with Crippen molar-refractivity contribution >= 4 is 40.0 Å². The number of benzene rings is 2. The van der Waals surface area contributed by atoms with Crippen molar-refractivity contribution in [3.05, 3.63) is 61.1 Å². The highest BCUT2D eigenvalue weighted by atomic mass is 19.4. The smallest absolute Gasteiger partial charge is 0.406 e. The molecule has 0 saturated carbocycles. The first kappa shape index (κ1) is 30.2. The maximum Gasteiger partial charge on any atom is 0.406 e. The molecule has 2 aromatic carbocycles. The first-order valence-corrected chi connectivity index (χ1v) is 12.7. The quantitative estimate of drug-likeness (QED) is 0.186. The van der Waals surface area contributed by atoms with E-state index in [0.717, 1.165) is 29.3 Å². The van der Waals surface area contributed by atoms with Crippen molar-refractivity contribution in [3.8, 4) is 17.3 Å². The third kappa shape index (κ3) is 7.13. The molecule has 0 aliphatic carbocycles. The number of carbonyl (C=O) groups is 1. The van der Waals surface area contributed by atoms with Crippen LogP contribution in [0, 0.1) is 5.82 Å². The molecule has 0 bridgehead atoms. The Balaban J connectivity index is 1.75. The number of anilines is 4. The van der Waals surface area contributed by atoms with Crippen LogP contribution in [0.3, 0.4) is 0 Å². The second-order valence-corrected chi connectivity index (χ2v) is 9.65. The van der Waals surface area contributed by atoms with E-state index in [2.05, 4.69) is 32.2 Å². The van der Waals surface area contributed by atoms with Gasteiger partial charge in [0.15, 0.2) is 5.82 Å². The van der Waals surface area contributed by atoms with Gasteiger partial charge in [0.25, 0.3) is 0 Å². The summed E-state index contributed by atoms with van der Waals surface area (Å²) in [6.07, 6.45) is -2.06. The predicted molar refractivity (Wildman–Crippen MR) is 154 cm³/mol. The summed E-state index contributed by atoms with van der Waals surface area (Å²) in [6, 6.07) is 8.16. The highest BCUT2D eigenvalue weighted by Gasteiger charge is 2.31. The summed E-state index contributed by atoms with van der Waals surface area (Å²) >= 11 is 0. The molecule has 2 heterocycles. The molecule has 0 saturated heterocycles. The standard InChI is InChI=1S/C28H30F4N8O2/c1-6-25(41)34-20-14-21(24(42-5)15-23(20)39(4)12-11-38(2)3)37-27-33-10-9-18(36-27)26-35-19-13-17(29)7-8-22(19)40(26)16-28(30,31)32/h6-10,13-15H,1,11-12,16H2,2-5H3,(H,34,41)(H,33,36,37). The van der Waals surface area contributed by atoms with E-state index in [-0.39, 0.29) is 28.5 Å². The number of nitrogens with zero attached hydrogens (tertiary/aromatic N) is 6. The predicted octanol–water partition coefficient (Wildman–Crippen LogP) is 5.07. The van der Waals surface area contributed by atoms with E-state index in [0.29, 0.717) is 29.4 Å². The van der Waals surface area contributed by atoms with Gasteiger partial charge in [-0.25, -0.2) is 19.3 Å². The third-order valence-corrected chi connectivity index (χ3v) is 6.23. The van der Waals surface area contributed by atoms with Crippen LogP contribution in [0.2, 0.25) is 0 Å². The van der Waals surface area contributed by atoms with E-state index in [1.54, 1.807) is 12.1 Å². The maximum absolute atomic E-state index is 13.8. The second kappa shape index (κ2) is 12.4. The molecular weight excluding hydrogens is 556 g/mol. The lowest BCUT2D eigenvalue weighted by Gasteiger charge is -2.26. The van der Waals surface area contributed by atoms with Gasteiger partial charge in [0.05, 0.1) is 35.2 Å². The van der Waals surface area contributed by atoms with Crippen LogP contribution in [-0.2, 0) is 11.3 Å². The average molecular weight is 587 g/mol. The number of ether oxygens (including phenoxy) is 1. The van der Waals surface area contributed by atoms with Crippen LogP contribution in [0.15, 0.2) is 55.3 Å². The van der Waals surface area contributed by atoms with Crippen LogP contribution in [0.4, 0.5) is 40.6 Å². The summed E-state index contributed by atoms with van der Waals surface area (Å²) in [4.78, 5) is 29.0. The summed E-state index contributed by atoms with van der Waals surface area (Å²) < 4.78 is 60.8. The lowest BCUT2D eigenvalue weighted by molar-refractivity contribution is -0.139. The SMILES string of the molecule is C=CC(=O)Nc1cc(Nc2nccc(-c3nc4cc(F)ccc4n3CC(F)(F)F)n2)c(OC)cc1N(C)CCN(C)C. The van der Waals surface area contributed by atoms with Crippen LogP contribution in [-0.4, -0.2) is 77.8 Å². The number of nitrogens with one attached hydrogen (secondary N) is 2. The molecule has 0 fully saturated rings. The van der Waals surface area contributed by atoms with Gasteiger partial charge in [-0.2, -0.15) is 13.2 Å².